The van der Waals surface area contributed by atoms with Gasteiger partial charge < -0.3 is 5.73 Å². The third-order valence-corrected chi connectivity index (χ3v) is 3.21. The Morgan fingerprint density at radius 3 is 2.44 bits per heavy atom. The molecule has 0 aliphatic rings. The molecule has 2 rings (SSSR count). The summed E-state index contributed by atoms with van der Waals surface area (Å²) in [7, 11) is 0. The highest BCUT2D eigenvalue weighted by Gasteiger charge is 2.15. The second-order valence-electron chi connectivity index (χ2n) is 4.55. The standard InChI is InChI=1S/C15H17FN2/c1-10-5-3-6-11(2)12(10)9-14(17)15-13(16)7-4-8-18-15/h3-8,14H,9,17H2,1-2H3. The fraction of sp³-hybridized carbons (Fsp3) is 0.267. The van der Waals surface area contributed by atoms with Crippen LogP contribution in [0.4, 0.5) is 4.39 Å². The van der Waals surface area contributed by atoms with Gasteiger partial charge in [-0.05, 0) is 49.1 Å². The van der Waals surface area contributed by atoms with E-state index in [1.807, 2.05) is 32.0 Å². The quantitative estimate of drug-likeness (QED) is 0.901. The van der Waals surface area contributed by atoms with Gasteiger partial charge in [0, 0.05) is 6.20 Å². The molecule has 2 N–H and O–H groups in total. The van der Waals surface area contributed by atoms with E-state index in [0.29, 0.717) is 12.1 Å². The molecule has 1 aromatic heterocycles. The molecular formula is C15H17FN2. The highest BCUT2D eigenvalue weighted by molar-refractivity contribution is 5.34. The van der Waals surface area contributed by atoms with Crippen molar-refractivity contribution in [1.29, 1.82) is 0 Å². The number of halogens is 1. The summed E-state index contributed by atoms with van der Waals surface area (Å²) >= 11 is 0. The Morgan fingerprint density at radius 2 is 1.83 bits per heavy atom. The Balaban J connectivity index is 2.27. The first-order valence-corrected chi connectivity index (χ1v) is 6.00. The van der Waals surface area contributed by atoms with Crippen molar-refractivity contribution >= 4 is 0 Å². The predicted octanol–water partition coefficient (Wildman–Crippen LogP) is 3.08. The average molecular weight is 244 g/mol. The molecule has 0 spiro atoms. The first-order valence-electron chi connectivity index (χ1n) is 6.00. The monoisotopic (exact) mass is 244 g/mol. The third-order valence-electron chi connectivity index (χ3n) is 3.21. The van der Waals surface area contributed by atoms with E-state index in [9.17, 15) is 4.39 Å². The maximum Gasteiger partial charge on any atom is 0.146 e. The number of aromatic nitrogens is 1. The lowest BCUT2D eigenvalue weighted by Crippen LogP contribution is -2.17. The van der Waals surface area contributed by atoms with E-state index in [4.69, 9.17) is 5.73 Å². The van der Waals surface area contributed by atoms with E-state index < -0.39 is 6.04 Å². The van der Waals surface area contributed by atoms with Crippen molar-refractivity contribution < 1.29 is 4.39 Å². The van der Waals surface area contributed by atoms with Crippen molar-refractivity contribution in [2.24, 2.45) is 5.73 Å². The topological polar surface area (TPSA) is 38.9 Å². The van der Waals surface area contributed by atoms with Gasteiger partial charge >= 0.3 is 0 Å². The Morgan fingerprint density at radius 1 is 1.17 bits per heavy atom. The number of pyridine rings is 1. The molecule has 0 aliphatic heterocycles. The second kappa shape index (κ2) is 5.27. The van der Waals surface area contributed by atoms with Gasteiger partial charge in [0.1, 0.15) is 5.82 Å². The number of aryl methyl sites for hydroxylation is 2. The molecule has 1 heterocycles. The van der Waals surface area contributed by atoms with Crippen LogP contribution in [-0.2, 0) is 6.42 Å². The third kappa shape index (κ3) is 2.57. The number of hydrogen-bond donors (Lipinski definition) is 1. The molecule has 2 nitrogen and oxygen atoms in total. The fourth-order valence-corrected chi connectivity index (χ4v) is 2.16. The van der Waals surface area contributed by atoms with Crippen LogP contribution in [0.25, 0.3) is 0 Å². The summed E-state index contributed by atoms with van der Waals surface area (Å²) in [5.41, 5.74) is 9.94. The van der Waals surface area contributed by atoms with Gasteiger partial charge in [-0.15, -0.1) is 0 Å². The minimum absolute atomic E-state index is 0.333. The largest absolute Gasteiger partial charge is 0.322 e. The summed E-state index contributed by atoms with van der Waals surface area (Å²) in [6.45, 7) is 4.09. The Bertz CT molecular complexity index is 532. The average Bonchev–Trinajstić information content (AvgIpc) is 2.34. The zero-order valence-corrected chi connectivity index (χ0v) is 10.7. The molecule has 0 saturated heterocycles. The van der Waals surface area contributed by atoms with Crippen LogP contribution >= 0.6 is 0 Å². The first-order chi connectivity index (χ1) is 8.59. The van der Waals surface area contributed by atoms with Crippen molar-refractivity contribution in [2.75, 3.05) is 0 Å². The van der Waals surface area contributed by atoms with Crippen LogP contribution in [0.5, 0.6) is 0 Å². The molecule has 1 aromatic carbocycles. The minimum atomic E-state index is -0.411. The summed E-state index contributed by atoms with van der Waals surface area (Å²) in [5.74, 6) is -0.337. The highest BCUT2D eigenvalue weighted by atomic mass is 19.1. The molecular weight excluding hydrogens is 227 g/mol. The highest BCUT2D eigenvalue weighted by Crippen LogP contribution is 2.21. The van der Waals surface area contributed by atoms with Gasteiger partial charge in [0.05, 0.1) is 11.7 Å². The van der Waals surface area contributed by atoms with Gasteiger partial charge in [0.2, 0.25) is 0 Å². The van der Waals surface area contributed by atoms with E-state index in [2.05, 4.69) is 4.98 Å². The van der Waals surface area contributed by atoms with Crippen LogP contribution in [0.3, 0.4) is 0 Å². The van der Waals surface area contributed by atoms with Crippen LogP contribution in [0.1, 0.15) is 28.4 Å². The molecule has 0 amide bonds. The van der Waals surface area contributed by atoms with Gasteiger partial charge in [-0.3, -0.25) is 4.98 Å². The lowest BCUT2D eigenvalue weighted by atomic mass is 9.95. The maximum atomic E-state index is 13.6. The van der Waals surface area contributed by atoms with E-state index in [1.165, 1.54) is 22.8 Å². The van der Waals surface area contributed by atoms with Crippen molar-refractivity contribution in [3.8, 4) is 0 Å². The molecule has 0 fully saturated rings. The number of nitrogens with two attached hydrogens (primary N) is 1. The summed E-state index contributed by atoms with van der Waals surface area (Å²) in [6.07, 6.45) is 2.18. The number of nitrogens with zero attached hydrogens (tertiary/aromatic N) is 1. The molecule has 0 saturated carbocycles. The van der Waals surface area contributed by atoms with Crippen molar-refractivity contribution in [3.63, 3.8) is 0 Å². The SMILES string of the molecule is Cc1cccc(C)c1CC(N)c1ncccc1F. The first kappa shape index (κ1) is 12.7. The summed E-state index contributed by atoms with van der Waals surface area (Å²) in [4.78, 5) is 4.03. The summed E-state index contributed by atoms with van der Waals surface area (Å²) in [5, 5.41) is 0. The minimum Gasteiger partial charge on any atom is -0.322 e. The van der Waals surface area contributed by atoms with Crippen molar-refractivity contribution in [2.45, 2.75) is 26.3 Å². The molecule has 1 unspecified atom stereocenters. The second-order valence-corrected chi connectivity index (χ2v) is 4.55. The molecule has 0 aliphatic carbocycles. The van der Waals surface area contributed by atoms with E-state index in [-0.39, 0.29) is 5.82 Å². The molecule has 3 heteroatoms. The fourth-order valence-electron chi connectivity index (χ4n) is 2.16. The van der Waals surface area contributed by atoms with Crippen LogP contribution in [0.15, 0.2) is 36.5 Å². The summed E-state index contributed by atoms with van der Waals surface area (Å²) < 4.78 is 13.6. The zero-order valence-electron chi connectivity index (χ0n) is 10.7. The predicted molar refractivity (Wildman–Crippen MR) is 70.7 cm³/mol. The zero-order chi connectivity index (χ0) is 13.1. The molecule has 1 atom stereocenters. The van der Waals surface area contributed by atoms with E-state index in [0.717, 1.165) is 0 Å². The summed E-state index contributed by atoms with van der Waals surface area (Å²) in [6, 6.07) is 8.66. The lowest BCUT2D eigenvalue weighted by molar-refractivity contribution is 0.563. The van der Waals surface area contributed by atoms with Gasteiger partial charge in [-0.1, -0.05) is 18.2 Å². The maximum absolute atomic E-state index is 13.6. The van der Waals surface area contributed by atoms with E-state index >= 15 is 0 Å². The Kier molecular flexibility index (Phi) is 3.72. The molecule has 0 radical (unpaired) electrons. The van der Waals surface area contributed by atoms with Gasteiger partial charge in [0.15, 0.2) is 0 Å². The number of rotatable bonds is 3. The number of benzene rings is 1. The molecule has 0 bridgehead atoms. The van der Waals surface area contributed by atoms with Crippen molar-refractivity contribution in [3.05, 3.63) is 64.7 Å². The number of hydrogen-bond acceptors (Lipinski definition) is 2. The van der Waals surface area contributed by atoms with Gasteiger partial charge in [-0.2, -0.15) is 0 Å². The lowest BCUT2D eigenvalue weighted by Gasteiger charge is -2.15. The molecule has 18 heavy (non-hydrogen) atoms. The van der Waals surface area contributed by atoms with Crippen LogP contribution < -0.4 is 5.73 Å². The normalized spacial score (nSPS) is 12.4. The van der Waals surface area contributed by atoms with Gasteiger partial charge in [0.25, 0.3) is 0 Å². The van der Waals surface area contributed by atoms with Crippen LogP contribution in [-0.4, -0.2) is 4.98 Å². The molecule has 94 valence electrons. The van der Waals surface area contributed by atoms with E-state index in [1.54, 1.807) is 12.3 Å². The Labute approximate surface area is 107 Å². The smallest absolute Gasteiger partial charge is 0.146 e. The van der Waals surface area contributed by atoms with Crippen LogP contribution in [0, 0.1) is 19.7 Å². The molecule has 2 aromatic rings. The van der Waals surface area contributed by atoms with Gasteiger partial charge in [-0.25, -0.2) is 4.39 Å². The van der Waals surface area contributed by atoms with Crippen molar-refractivity contribution in [1.82, 2.24) is 4.98 Å². The van der Waals surface area contributed by atoms with Crippen LogP contribution in [0.2, 0.25) is 0 Å². The Hall–Kier alpha value is -1.74.